The van der Waals surface area contributed by atoms with Crippen LogP contribution in [-0.2, 0) is 24.0 Å². The van der Waals surface area contributed by atoms with E-state index in [9.17, 15) is 24.0 Å². The van der Waals surface area contributed by atoms with Gasteiger partial charge >= 0.3 is 0 Å². The average Bonchev–Trinajstić information content (AvgIpc) is 3.24. The van der Waals surface area contributed by atoms with E-state index in [4.69, 9.17) is 5.26 Å². The van der Waals surface area contributed by atoms with Crippen LogP contribution in [0.4, 0.5) is 0 Å². The summed E-state index contributed by atoms with van der Waals surface area (Å²) in [5, 5.41) is 8.48. The molecule has 3 aromatic rings. The highest BCUT2D eigenvalue weighted by molar-refractivity contribution is 5.95. The lowest BCUT2D eigenvalue weighted by molar-refractivity contribution is -0.116. The molecule has 0 heterocycles. The largest absolute Gasteiger partial charge is 0.295 e. The first-order chi connectivity index (χ1) is 28.0. The van der Waals surface area contributed by atoms with Gasteiger partial charge in [-0.1, -0.05) is 184 Å². The Hall–Kier alpha value is -6.06. The minimum Gasteiger partial charge on any atom is -0.295 e. The molecule has 0 aliphatic heterocycles. The van der Waals surface area contributed by atoms with Crippen LogP contribution in [0, 0.1) is 25.2 Å². The van der Waals surface area contributed by atoms with Crippen LogP contribution in [0.5, 0.6) is 0 Å². The summed E-state index contributed by atoms with van der Waals surface area (Å²) in [5.41, 5.74) is 7.73. The van der Waals surface area contributed by atoms with Crippen molar-refractivity contribution >= 4 is 35.0 Å². The number of nitrogens with zero attached hydrogens (tertiary/aromatic N) is 1. The van der Waals surface area contributed by atoms with E-state index in [2.05, 4.69) is 77.1 Å². The number of hydrogen-bond acceptors (Lipinski definition) is 6. The molecular formula is C56H83NO5. The third kappa shape index (κ3) is 52.0. The average molecular weight is 850 g/mol. The molecule has 0 bridgehead atoms. The van der Waals surface area contributed by atoms with Crippen molar-refractivity contribution in [2.45, 2.75) is 137 Å². The highest BCUT2D eigenvalue weighted by Gasteiger charge is 1.96. The molecule has 6 nitrogen and oxygen atoms in total. The zero-order valence-corrected chi connectivity index (χ0v) is 39.3. The first-order valence-electron chi connectivity index (χ1n) is 20.1. The molecule has 0 fully saturated rings. The summed E-state index contributed by atoms with van der Waals surface area (Å²) in [6.45, 7) is 41.1. The quantitative estimate of drug-likeness (QED) is 0.140. The van der Waals surface area contributed by atoms with Crippen LogP contribution in [-0.4, -0.2) is 28.9 Å². The van der Waals surface area contributed by atoms with E-state index >= 15 is 0 Å². The van der Waals surface area contributed by atoms with Crippen LogP contribution in [0.2, 0.25) is 0 Å². The van der Waals surface area contributed by atoms with Gasteiger partial charge in [-0.05, 0) is 94.9 Å². The maximum atomic E-state index is 10.4. The van der Waals surface area contributed by atoms with Gasteiger partial charge in [0.05, 0.1) is 6.07 Å². The van der Waals surface area contributed by atoms with Crippen molar-refractivity contribution in [2.75, 3.05) is 0 Å². The molecule has 0 aliphatic carbocycles. The Kier molecular flexibility index (Phi) is 54.1. The third-order valence-electron chi connectivity index (χ3n) is 7.23. The van der Waals surface area contributed by atoms with Crippen molar-refractivity contribution in [1.29, 1.82) is 5.26 Å². The van der Waals surface area contributed by atoms with Crippen molar-refractivity contribution < 1.29 is 24.0 Å². The molecule has 62 heavy (non-hydrogen) atoms. The van der Waals surface area contributed by atoms with E-state index < -0.39 is 0 Å². The zero-order valence-electron chi connectivity index (χ0n) is 39.3. The van der Waals surface area contributed by atoms with Gasteiger partial charge in [-0.25, -0.2) is 0 Å². The lowest BCUT2D eigenvalue weighted by Crippen LogP contribution is -1.93. The second-order valence-corrected chi connectivity index (χ2v) is 13.4. The van der Waals surface area contributed by atoms with Crippen molar-refractivity contribution in [3.8, 4) is 6.07 Å². The van der Waals surface area contributed by atoms with Gasteiger partial charge in [0, 0.05) is 37.7 Å². The predicted molar refractivity (Wildman–Crippen MR) is 272 cm³/mol. The third-order valence-corrected chi connectivity index (χ3v) is 7.23. The highest BCUT2D eigenvalue weighted by atomic mass is 16.1. The monoisotopic (exact) mass is 850 g/mol. The first-order valence-corrected chi connectivity index (χ1v) is 20.1. The second-order valence-electron chi connectivity index (χ2n) is 13.4. The van der Waals surface area contributed by atoms with Gasteiger partial charge in [-0.2, -0.15) is 5.26 Å². The van der Waals surface area contributed by atoms with Crippen LogP contribution in [0.1, 0.15) is 140 Å². The summed E-state index contributed by atoms with van der Waals surface area (Å²) in [5.74, 6) is 0.764. The van der Waals surface area contributed by atoms with Crippen molar-refractivity contribution in [3.05, 3.63) is 174 Å². The first kappa shape index (κ1) is 70.5. The molecule has 0 unspecified atom stereocenters. The number of carbonyl (C=O) groups is 5. The maximum Gasteiger partial charge on any atom is 0.157 e. The number of ketones is 5. The van der Waals surface area contributed by atoms with Crippen molar-refractivity contribution in [1.82, 2.24) is 0 Å². The van der Waals surface area contributed by atoms with Crippen LogP contribution >= 0.6 is 0 Å². The van der Waals surface area contributed by atoms with Crippen LogP contribution in [0.25, 0.3) is 6.08 Å². The molecule has 0 aromatic heterocycles. The van der Waals surface area contributed by atoms with E-state index in [1.54, 1.807) is 41.5 Å². The Balaban J connectivity index is -0.000000112. The number of hydrogen-bond donors (Lipinski definition) is 0. The van der Waals surface area contributed by atoms with Gasteiger partial charge < -0.3 is 0 Å². The molecule has 6 heteroatoms. The summed E-state index contributed by atoms with van der Waals surface area (Å²) < 4.78 is 0. The lowest BCUT2D eigenvalue weighted by atomic mass is 10.1. The van der Waals surface area contributed by atoms with Gasteiger partial charge in [-0.15, -0.1) is 0 Å². The number of carbonyl (C=O) groups excluding carboxylic acids is 5. The van der Waals surface area contributed by atoms with Gasteiger partial charge in [0.15, 0.2) is 28.9 Å². The number of allylic oxidation sites excluding steroid dienone is 6. The molecule has 0 saturated heterocycles. The minimum atomic E-state index is 0. The lowest BCUT2D eigenvalue weighted by Gasteiger charge is -1.90. The normalized spacial score (nSPS) is 8.55. The number of benzene rings is 3. The molecule has 0 atom stereocenters. The van der Waals surface area contributed by atoms with Crippen LogP contribution in [0.15, 0.2) is 157 Å². The molecule has 0 saturated carbocycles. The van der Waals surface area contributed by atoms with Gasteiger partial charge in [0.1, 0.15) is 0 Å². The highest BCUT2D eigenvalue weighted by Crippen LogP contribution is 2.04. The summed E-state index contributed by atoms with van der Waals surface area (Å²) in [6, 6.07) is 32.4. The molecule has 3 aromatic carbocycles. The molecule has 0 aliphatic rings. The molecule has 0 N–H and O–H groups in total. The SMILES string of the molecule is C.C.C/C(C#N)=C/c1ccccc1.C=C(C)C(=O)CC.C=C(C)C(=O)CC.C=C(C)C(=O)CC.C=C(C)C(=O)CC.C=C(C)C(=O)CC.Cc1ccccc1.Cc1ccccc1. The zero-order chi connectivity index (χ0) is 47.6. The summed E-state index contributed by atoms with van der Waals surface area (Å²) >= 11 is 0. The van der Waals surface area contributed by atoms with Gasteiger partial charge in [0.25, 0.3) is 0 Å². The molecule has 3 rings (SSSR count). The fourth-order valence-electron chi connectivity index (χ4n) is 3.41. The Morgan fingerprint density at radius 2 is 0.629 bits per heavy atom. The Morgan fingerprint density at radius 1 is 0.435 bits per heavy atom. The van der Waals surface area contributed by atoms with Crippen molar-refractivity contribution in [2.24, 2.45) is 0 Å². The van der Waals surface area contributed by atoms with Crippen LogP contribution in [0.3, 0.4) is 0 Å². The minimum absolute atomic E-state index is 0. The number of rotatable bonds is 11. The van der Waals surface area contributed by atoms with Crippen LogP contribution < -0.4 is 0 Å². The summed E-state index contributed by atoms with van der Waals surface area (Å²) in [7, 11) is 0. The topological polar surface area (TPSA) is 109 Å². The number of nitriles is 1. The smallest absolute Gasteiger partial charge is 0.157 e. The van der Waals surface area contributed by atoms with E-state index in [-0.39, 0.29) is 43.8 Å². The number of Topliss-reactive ketones (excluding diaryl/α,β-unsaturated/α-hetero) is 5. The molecule has 0 amide bonds. The predicted octanol–water partition coefficient (Wildman–Crippen LogP) is 15.6. The van der Waals surface area contributed by atoms with Gasteiger partial charge in [-0.3, -0.25) is 24.0 Å². The fourth-order valence-corrected chi connectivity index (χ4v) is 3.41. The fraction of sp³-hybridized carbons (Fsp3) is 0.357. The Labute approximate surface area is 380 Å². The van der Waals surface area contributed by atoms with E-state index in [1.165, 1.54) is 11.1 Å². The maximum absolute atomic E-state index is 10.4. The Bertz CT molecular complexity index is 1620. The van der Waals surface area contributed by atoms with Crippen molar-refractivity contribution in [3.63, 3.8) is 0 Å². The molecule has 0 spiro atoms. The standard InChI is InChI=1S/C10H9N.2C7H8.5C6H10O.2CH4/c1-9(8-11)7-10-5-3-2-4-6-10;2*1-7-5-3-2-4-6-7;5*1-4-6(7)5(2)3;;/h2-7H,1H3;2*2-6H,1H3;5*2,4H2,1,3H3;2*1H4/b9-7-;;;;;;;;;. The van der Waals surface area contributed by atoms with E-state index in [1.807, 2.05) is 107 Å². The second kappa shape index (κ2) is 47.6. The Morgan fingerprint density at radius 3 is 0.742 bits per heavy atom. The number of aryl methyl sites for hydroxylation is 2. The molecule has 0 radical (unpaired) electrons. The summed E-state index contributed by atoms with van der Waals surface area (Å²) in [4.78, 5) is 52.1. The molecule has 342 valence electrons. The van der Waals surface area contributed by atoms with E-state index in [0.717, 1.165) is 11.1 Å². The summed E-state index contributed by atoms with van der Waals surface area (Å²) in [6.07, 6.45) is 4.75. The van der Waals surface area contributed by atoms with Gasteiger partial charge in [0.2, 0.25) is 0 Å². The molecular weight excluding hydrogens is 767 g/mol. The van der Waals surface area contributed by atoms with E-state index in [0.29, 0.717) is 60.0 Å².